The molecule has 0 spiro atoms. The van der Waals surface area contributed by atoms with Crippen molar-refractivity contribution < 1.29 is 17.9 Å². The molecular formula is C12H7BrF3N5O. The number of halogens is 4. The number of ether oxygens (including phenoxy) is 1. The fraction of sp³-hybridized carbons (Fsp3) is 0.0833. The molecule has 0 saturated carbocycles. The van der Waals surface area contributed by atoms with Crippen molar-refractivity contribution in [3.05, 3.63) is 28.2 Å². The number of hydrogen-bond donors (Lipinski definition) is 2. The molecule has 2 rings (SSSR count). The van der Waals surface area contributed by atoms with Gasteiger partial charge in [0.15, 0.2) is 0 Å². The summed E-state index contributed by atoms with van der Waals surface area (Å²) in [6, 6.07) is 5.66. The second-order valence-corrected chi connectivity index (χ2v) is 4.76. The summed E-state index contributed by atoms with van der Waals surface area (Å²) in [4.78, 5) is 7.51. The maximum absolute atomic E-state index is 12.4. The summed E-state index contributed by atoms with van der Waals surface area (Å²) >= 11 is 3.01. The van der Waals surface area contributed by atoms with Crippen molar-refractivity contribution in [1.82, 2.24) is 9.97 Å². The molecule has 0 saturated heterocycles. The molecule has 0 amide bonds. The predicted octanol–water partition coefficient (Wildman–Crippen LogP) is 2.84. The minimum Gasteiger partial charge on any atom is -0.405 e. The molecule has 1 aromatic heterocycles. The first kappa shape index (κ1) is 15.8. The Hall–Kier alpha value is -2.54. The summed E-state index contributed by atoms with van der Waals surface area (Å²) in [6.07, 6.45) is -4.86. The number of rotatable bonds is 2. The third-order valence-corrected chi connectivity index (χ3v) is 3.33. The number of nitrogens with zero attached hydrogens (tertiary/aromatic N) is 3. The topological polar surface area (TPSA) is 111 Å². The molecule has 0 fully saturated rings. The molecule has 0 unspecified atom stereocenters. The van der Waals surface area contributed by atoms with E-state index in [2.05, 4.69) is 30.6 Å². The van der Waals surface area contributed by atoms with Crippen LogP contribution in [0.4, 0.5) is 24.9 Å². The summed E-state index contributed by atoms with van der Waals surface area (Å²) in [6.45, 7) is 0. The maximum Gasteiger partial charge on any atom is 0.573 e. The van der Waals surface area contributed by atoms with E-state index in [0.717, 1.165) is 6.07 Å². The monoisotopic (exact) mass is 373 g/mol. The molecule has 22 heavy (non-hydrogen) atoms. The van der Waals surface area contributed by atoms with Gasteiger partial charge in [-0.15, -0.1) is 13.2 Å². The van der Waals surface area contributed by atoms with Gasteiger partial charge in [0.25, 0.3) is 0 Å². The van der Waals surface area contributed by atoms with Crippen LogP contribution in [0.3, 0.4) is 0 Å². The zero-order chi connectivity index (χ0) is 16.5. The van der Waals surface area contributed by atoms with E-state index in [4.69, 9.17) is 16.7 Å². The van der Waals surface area contributed by atoms with Crippen LogP contribution in [0.25, 0.3) is 11.3 Å². The van der Waals surface area contributed by atoms with Crippen molar-refractivity contribution in [2.45, 2.75) is 6.36 Å². The van der Waals surface area contributed by atoms with E-state index >= 15 is 0 Å². The van der Waals surface area contributed by atoms with Gasteiger partial charge in [-0.2, -0.15) is 10.2 Å². The normalized spacial score (nSPS) is 11.0. The van der Waals surface area contributed by atoms with Gasteiger partial charge in [-0.3, -0.25) is 0 Å². The number of alkyl halides is 3. The molecule has 0 bridgehead atoms. The fourth-order valence-corrected chi connectivity index (χ4v) is 2.23. The number of nitrogens with two attached hydrogens (primary N) is 2. The van der Waals surface area contributed by atoms with Crippen LogP contribution in [0.2, 0.25) is 0 Å². The number of hydrogen-bond acceptors (Lipinski definition) is 6. The Morgan fingerprint density at radius 1 is 1.23 bits per heavy atom. The average molecular weight is 374 g/mol. The summed E-state index contributed by atoms with van der Waals surface area (Å²) in [5.74, 6) is -0.857. The van der Waals surface area contributed by atoms with Crippen molar-refractivity contribution in [3.8, 4) is 23.1 Å². The number of aromatic nitrogens is 2. The highest BCUT2D eigenvalue weighted by molar-refractivity contribution is 9.10. The van der Waals surface area contributed by atoms with Gasteiger partial charge in [-0.05, 0) is 22.0 Å². The van der Waals surface area contributed by atoms with E-state index in [9.17, 15) is 13.2 Å². The highest BCUT2D eigenvalue weighted by Crippen LogP contribution is 2.39. The largest absolute Gasteiger partial charge is 0.573 e. The third kappa shape index (κ3) is 3.20. The highest BCUT2D eigenvalue weighted by Gasteiger charge is 2.32. The lowest BCUT2D eigenvalue weighted by Gasteiger charge is -2.14. The molecule has 6 nitrogen and oxygen atoms in total. The van der Waals surface area contributed by atoms with Crippen LogP contribution in [0.5, 0.6) is 5.75 Å². The molecule has 10 heteroatoms. The van der Waals surface area contributed by atoms with Crippen molar-refractivity contribution in [2.24, 2.45) is 0 Å². The molecule has 1 aromatic carbocycles. The molecule has 0 aliphatic rings. The van der Waals surface area contributed by atoms with Crippen molar-refractivity contribution >= 4 is 27.7 Å². The lowest BCUT2D eigenvalue weighted by Crippen LogP contribution is -2.17. The second-order valence-electron chi connectivity index (χ2n) is 3.97. The number of anilines is 2. The van der Waals surface area contributed by atoms with Gasteiger partial charge in [0, 0.05) is 5.56 Å². The second kappa shape index (κ2) is 5.69. The minimum absolute atomic E-state index is 0.00648. The quantitative estimate of drug-likeness (QED) is 0.836. The van der Waals surface area contributed by atoms with Gasteiger partial charge in [0.1, 0.15) is 23.2 Å². The van der Waals surface area contributed by atoms with Crippen LogP contribution in [0.15, 0.2) is 22.7 Å². The van der Waals surface area contributed by atoms with E-state index in [1.807, 2.05) is 0 Å². The SMILES string of the molecule is N#Cc1c(N)nc(N)nc1-c1cccc(OC(F)(F)F)c1Br. The van der Waals surface area contributed by atoms with Gasteiger partial charge in [-0.1, -0.05) is 12.1 Å². The smallest absolute Gasteiger partial charge is 0.405 e. The summed E-state index contributed by atoms with van der Waals surface area (Å²) in [5.41, 5.74) is 11.1. The molecule has 1 heterocycles. The Kier molecular flexibility index (Phi) is 4.09. The van der Waals surface area contributed by atoms with Crippen LogP contribution >= 0.6 is 15.9 Å². The summed E-state index contributed by atoms with van der Waals surface area (Å²) in [7, 11) is 0. The lowest BCUT2D eigenvalue weighted by atomic mass is 10.1. The predicted molar refractivity (Wildman–Crippen MR) is 75.4 cm³/mol. The Labute approximate surface area is 130 Å². The zero-order valence-electron chi connectivity index (χ0n) is 10.6. The molecule has 0 aliphatic heterocycles. The van der Waals surface area contributed by atoms with Crippen LogP contribution in [-0.2, 0) is 0 Å². The molecule has 4 N–H and O–H groups in total. The summed E-state index contributed by atoms with van der Waals surface area (Å²) < 4.78 is 41.0. The Balaban J connectivity index is 2.65. The molecule has 0 atom stereocenters. The van der Waals surface area contributed by atoms with Crippen LogP contribution in [0, 0.1) is 11.3 Å². The van der Waals surface area contributed by atoms with Gasteiger partial charge in [0.05, 0.1) is 10.2 Å². The first-order valence-corrected chi connectivity index (χ1v) is 6.40. The zero-order valence-corrected chi connectivity index (χ0v) is 12.2. The average Bonchev–Trinajstić information content (AvgIpc) is 2.39. The third-order valence-electron chi connectivity index (χ3n) is 2.51. The lowest BCUT2D eigenvalue weighted by molar-refractivity contribution is -0.274. The molecular weight excluding hydrogens is 367 g/mol. The highest BCUT2D eigenvalue weighted by atomic mass is 79.9. The van der Waals surface area contributed by atoms with E-state index in [-0.39, 0.29) is 33.1 Å². The van der Waals surface area contributed by atoms with Crippen molar-refractivity contribution in [2.75, 3.05) is 11.5 Å². The van der Waals surface area contributed by atoms with Crippen LogP contribution in [-0.4, -0.2) is 16.3 Å². The number of nitrogen functional groups attached to an aromatic ring is 2. The van der Waals surface area contributed by atoms with Gasteiger partial charge < -0.3 is 16.2 Å². The number of benzene rings is 1. The Bertz CT molecular complexity index is 773. The summed E-state index contributed by atoms with van der Waals surface area (Å²) in [5, 5.41) is 9.12. The van der Waals surface area contributed by atoms with E-state index in [0.29, 0.717) is 0 Å². The van der Waals surface area contributed by atoms with E-state index in [1.54, 1.807) is 6.07 Å². The molecule has 114 valence electrons. The van der Waals surface area contributed by atoms with E-state index < -0.39 is 12.1 Å². The Morgan fingerprint density at radius 3 is 2.50 bits per heavy atom. The number of nitriles is 1. The van der Waals surface area contributed by atoms with Crippen LogP contribution in [0.1, 0.15) is 5.56 Å². The van der Waals surface area contributed by atoms with Crippen molar-refractivity contribution in [3.63, 3.8) is 0 Å². The first-order valence-electron chi connectivity index (χ1n) is 5.60. The maximum atomic E-state index is 12.4. The molecule has 0 radical (unpaired) electrons. The van der Waals surface area contributed by atoms with Crippen molar-refractivity contribution in [1.29, 1.82) is 5.26 Å². The van der Waals surface area contributed by atoms with E-state index in [1.165, 1.54) is 12.1 Å². The van der Waals surface area contributed by atoms with Gasteiger partial charge >= 0.3 is 6.36 Å². The fourth-order valence-electron chi connectivity index (χ4n) is 1.70. The van der Waals surface area contributed by atoms with Crippen LogP contribution < -0.4 is 16.2 Å². The van der Waals surface area contributed by atoms with Gasteiger partial charge in [0.2, 0.25) is 5.95 Å². The Morgan fingerprint density at radius 2 is 1.91 bits per heavy atom. The first-order chi connectivity index (χ1) is 10.2. The minimum atomic E-state index is -4.86. The van der Waals surface area contributed by atoms with Gasteiger partial charge in [-0.25, -0.2) is 4.98 Å². The standard InChI is InChI=1S/C12H7BrF3N5O/c13-8-5(2-1-3-7(8)22-12(14,15)16)9-6(4-17)10(18)21-11(19)20-9/h1-3H,(H4,18,19,20,21). The molecule has 0 aliphatic carbocycles. The molecule has 2 aromatic rings.